The lowest BCUT2D eigenvalue weighted by molar-refractivity contribution is -0.0671. The molecule has 37 heavy (non-hydrogen) atoms. The number of halogens is 6. The predicted molar refractivity (Wildman–Crippen MR) is 118 cm³/mol. The first-order valence-corrected chi connectivity index (χ1v) is 11.3. The van der Waals surface area contributed by atoms with Crippen LogP contribution >= 0.6 is 0 Å². The number of nitrogens with one attached hydrogen (secondary N) is 1. The summed E-state index contributed by atoms with van der Waals surface area (Å²) in [5.41, 5.74) is -2.48. The molecule has 1 unspecified atom stereocenters. The Hall–Kier alpha value is -3.68. The summed E-state index contributed by atoms with van der Waals surface area (Å²) in [4.78, 5) is 35.1. The molecule has 3 aromatic rings. The van der Waals surface area contributed by atoms with Crippen LogP contribution in [0.1, 0.15) is 29.6 Å². The Kier molecular flexibility index (Phi) is 6.09. The van der Waals surface area contributed by atoms with Gasteiger partial charge in [0.05, 0.1) is 17.7 Å². The number of β-amino-alcohol motifs (C(OH)–C–C–N with tert-alkyl or cyclic N) is 1. The molecule has 0 radical (unpaired) electrons. The maximum absolute atomic E-state index is 15.0. The van der Waals surface area contributed by atoms with Crippen LogP contribution in [0.5, 0.6) is 0 Å². The highest BCUT2D eigenvalue weighted by Gasteiger charge is 2.54. The zero-order chi connectivity index (χ0) is 26.6. The van der Waals surface area contributed by atoms with E-state index in [9.17, 15) is 36.6 Å². The number of aromatic nitrogens is 3. The van der Waals surface area contributed by atoms with Crippen LogP contribution in [0.4, 0.5) is 32.2 Å². The number of nitrogens with zero attached hydrogens (tertiary/aromatic N) is 4. The molecule has 2 aliphatic rings. The molecular weight excluding hydrogens is 508 g/mol. The lowest BCUT2D eigenvalue weighted by atomic mass is 10.1. The molecule has 5 rings (SSSR count). The summed E-state index contributed by atoms with van der Waals surface area (Å²) in [6, 6.07) is 1.18. The predicted octanol–water partition coefficient (Wildman–Crippen LogP) is 2.84. The summed E-state index contributed by atoms with van der Waals surface area (Å²) < 4.78 is 85.9. The van der Waals surface area contributed by atoms with Crippen molar-refractivity contribution in [3.8, 4) is 5.82 Å². The lowest BCUT2D eigenvalue weighted by Gasteiger charge is -2.25. The molecule has 2 fully saturated rings. The molecule has 1 saturated heterocycles. The SMILES string of the molecule is O=C(NC(F)(C(F)F)C1CC1)c1cn(-c2ncc(F)cc2F)c2nc(N3CC[C@H](O)C3)c(F)cc2c1=O. The van der Waals surface area contributed by atoms with Crippen molar-refractivity contribution in [2.75, 3.05) is 18.0 Å². The number of amides is 1. The maximum atomic E-state index is 15.0. The second kappa shape index (κ2) is 9.01. The van der Waals surface area contributed by atoms with Gasteiger partial charge >= 0.3 is 0 Å². The van der Waals surface area contributed by atoms with Crippen LogP contribution in [0.2, 0.25) is 0 Å². The molecule has 1 amide bonds. The van der Waals surface area contributed by atoms with Gasteiger partial charge in [-0.1, -0.05) is 0 Å². The number of hydrogen-bond donors (Lipinski definition) is 2. The zero-order valence-corrected chi connectivity index (χ0v) is 18.9. The number of anilines is 1. The number of carbonyl (C=O) groups excluding carboxylic acids is 1. The molecule has 0 aromatic carbocycles. The van der Waals surface area contributed by atoms with Crippen molar-refractivity contribution >= 4 is 22.8 Å². The number of rotatable bonds is 6. The van der Waals surface area contributed by atoms with E-state index in [4.69, 9.17) is 0 Å². The van der Waals surface area contributed by atoms with E-state index >= 15 is 4.39 Å². The third-order valence-electron chi connectivity index (χ3n) is 6.43. The fraction of sp³-hybridized carbons (Fsp3) is 0.391. The van der Waals surface area contributed by atoms with Crippen molar-refractivity contribution in [1.29, 1.82) is 0 Å². The van der Waals surface area contributed by atoms with Crippen molar-refractivity contribution in [2.24, 2.45) is 5.92 Å². The average Bonchev–Trinajstić information content (AvgIpc) is 3.61. The number of aliphatic hydroxyl groups is 1. The Bertz CT molecular complexity index is 1460. The van der Waals surface area contributed by atoms with Gasteiger partial charge in [0.2, 0.25) is 11.2 Å². The molecule has 4 heterocycles. The summed E-state index contributed by atoms with van der Waals surface area (Å²) in [5.74, 6) is -10.3. The third-order valence-corrected chi connectivity index (χ3v) is 6.43. The third kappa shape index (κ3) is 4.38. The maximum Gasteiger partial charge on any atom is 0.290 e. The Morgan fingerprint density at radius 2 is 1.84 bits per heavy atom. The molecule has 3 aromatic heterocycles. The minimum Gasteiger partial charge on any atom is -0.391 e. The molecule has 0 spiro atoms. The molecular formula is C23H19F6N5O3. The van der Waals surface area contributed by atoms with Crippen LogP contribution in [0, 0.1) is 23.4 Å². The van der Waals surface area contributed by atoms with Crippen molar-refractivity contribution in [2.45, 2.75) is 37.6 Å². The highest BCUT2D eigenvalue weighted by molar-refractivity contribution is 5.97. The molecule has 1 saturated carbocycles. The van der Waals surface area contributed by atoms with E-state index in [1.165, 1.54) is 4.90 Å². The van der Waals surface area contributed by atoms with Gasteiger partial charge in [-0.15, -0.1) is 0 Å². The van der Waals surface area contributed by atoms with Gasteiger partial charge in [0.25, 0.3) is 12.3 Å². The molecule has 2 atom stereocenters. The summed E-state index contributed by atoms with van der Waals surface area (Å²) in [5, 5.41) is 10.8. The first kappa shape index (κ1) is 25.0. The minimum atomic E-state index is -3.60. The van der Waals surface area contributed by atoms with Crippen molar-refractivity contribution in [1.82, 2.24) is 19.9 Å². The van der Waals surface area contributed by atoms with E-state index in [-0.39, 0.29) is 37.4 Å². The fourth-order valence-corrected chi connectivity index (χ4v) is 4.36. The number of hydrogen-bond acceptors (Lipinski definition) is 6. The number of pyridine rings is 3. The van der Waals surface area contributed by atoms with Crippen molar-refractivity contribution in [3.63, 3.8) is 0 Å². The van der Waals surface area contributed by atoms with Crippen LogP contribution in [-0.4, -0.2) is 57.0 Å². The van der Waals surface area contributed by atoms with Crippen LogP contribution in [0.15, 0.2) is 29.3 Å². The largest absolute Gasteiger partial charge is 0.391 e. The van der Waals surface area contributed by atoms with Gasteiger partial charge in [-0.05, 0) is 25.3 Å². The Morgan fingerprint density at radius 3 is 2.43 bits per heavy atom. The number of aliphatic hydroxyl groups excluding tert-OH is 1. The first-order chi connectivity index (χ1) is 17.5. The number of fused-ring (bicyclic) bond motifs is 1. The van der Waals surface area contributed by atoms with E-state index in [0.29, 0.717) is 24.9 Å². The van der Waals surface area contributed by atoms with Gasteiger partial charge in [-0.2, -0.15) is 0 Å². The van der Waals surface area contributed by atoms with Crippen LogP contribution in [0.3, 0.4) is 0 Å². The quantitative estimate of drug-likeness (QED) is 0.378. The van der Waals surface area contributed by atoms with E-state index in [1.54, 1.807) is 5.32 Å². The number of carbonyl (C=O) groups is 1. The van der Waals surface area contributed by atoms with Crippen molar-refractivity contribution in [3.05, 3.63) is 57.8 Å². The fourth-order valence-electron chi connectivity index (χ4n) is 4.36. The molecule has 2 N–H and O–H groups in total. The molecule has 196 valence electrons. The van der Waals surface area contributed by atoms with E-state index < -0.39 is 69.8 Å². The van der Waals surface area contributed by atoms with E-state index in [0.717, 1.165) is 10.6 Å². The molecule has 0 bridgehead atoms. The first-order valence-electron chi connectivity index (χ1n) is 11.3. The highest BCUT2D eigenvalue weighted by Crippen LogP contribution is 2.44. The standard InChI is InChI=1S/C23H19F6N5O3/c24-11-5-15(25)19(30-7-11)34-9-14(21(37)32-23(29,22(27)28)10-1-2-10)17(36)13-6-16(26)20(31-18(13)34)33-4-3-12(35)8-33/h5-7,9-10,12,22,35H,1-4,8H2,(H,32,37)/t12-,23?/m0/s1. The average molecular weight is 527 g/mol. The van der Waals surface area contributed by atoms with Crippen LogP contribution < -0.4 is 15.6 Å². The topological polar surface area (TPSA) is 100 Å². The van der Waals surface area contributed by atoms with Gasteiger partial charge in [0, 0.05) is 31.3 Å². The van der Waals surface area contributed by atoms with Gasteiger partial charge in [0.15, 0.2) is 28.9 Å². The second-order valence-electron chi connectivity index (χ2n) is 9.05. The Morgan fingerprint density at radius 1 is 1.14 bits per heavy atom. The zero-order valence-electron chi connectivity index (χ0n) is 18.9. The molecule has 1 aliphatic heterocycles. The second-order valence-corrected chi connectivity index (χ2v) is 9.05. The van der Waals surface area contributed by atoms with Gasteiger partial charge < -0.3 is 15.3 Å². The van der Waals surface area contributed by atoms with Gasteiger partial charge in [0.1, 0.15) is 11.4 Å². The van der Waals surface area contributed by atoms with E-state index in [2.05, 4.69) is 9.97 Å². The van der Waals surface area contributed by atoms with Crippen molar-refractivity contribution < 1.29 is 36.2 Å². The summed E-state index contributed by atoms with van der Waals surface area (Å²) in [6.45, 7) is 0.245. The monoisotopic (exact) mass is 527 g/mol. The molecule has 1 aliphatic carbocycles. The van der Waals surface area contributed by atoms with Gasteiger partial charge in [-0.25, -0.2) is 36.3 Å². The van der Waals surface area contributed by atoms with Crippen LogP contribution in [0.25, 0.3) is 16.9 Å². The highest BCUT2D eigenvalue weighted by atomic mass is 19.3. The normalized spacial score (nSPS) is 19.5. The van der Waals surface area contributed by atoms with Gasteiger partial charge in [-0.3, -0.25) is 14.2 Å². The van der Waals surface area contributed by atoms with E-state index in [1.807, 2.05) is 0 Å². The molecule has 14 heteroatoms. The summed E-state index contributed by atoms with van der Waals surface area (Å²) in [6.07, 6.45) is -2.51. The van der Waals surface area contributed by atoms with Crippen LogP contribution in [-0.2, 0) is 0 Å². The summed E-state index contributed by atoms with van der Waals surface area (Å²) in [7, 11) is 0. The Balaban J connectivity index is 1.71. The molecule has 8 nitrogen and oxygen atoms in total. The Labute approximate surface area is 204 Å². The smallest absolute Gasteiger partial charge is 0.290 e. The number of alkyl halides is 3. The summed E-state index contributed by atoms with van der Waals surface area (Å²) >= 11 is 0. The minimum absolute atomic E-state index is 0.0245. The lowest BCUT2D eigenvalue weighted by Crippen LogP contribution is -2.53.